The van der Waals surface area contributed by atoms with Gasteiger partial charge in [0.25, 0.3) is 0 Å². The maximum atomic E-state index is 13.1. The van der Waals surface area contributed by atoms with Crippen molar-refractivity contribution in [2.75, 3.05) is 0 Å². The van der Waals surface area contributed by atoms with Gasteiger partial charge in [-0.25, -0.2) is 4.39 Å². The average molecular weight is 178 g/mol. The molecule has 0 aliphatic heterocycles. The number of hydrogen-bond donors (Lipinski definition) is 0. The Balaban J connectivity index is 2.86. The summed E-state index contributed by atoms with van der Waals surface area (Å²) in [5.74, 6) is -0.164. The van der Waals surface area contributed by atoms with E-state index in [1.807, 2.05) is 18.2 Å². The fraction of sp³-hybridized carbons (Fsp3) is 0.333. The van der Waals surface area contributed by atoms with Crippen molar-refractivity contribution in [3.05, 3.63) is 41.7 Å². The van der Waals surface area contributed by atoms with Gasteiger partial charge in [-0.1, -0.05) is 51.1 Å². The number of allylic oxidation sites excluding steroid dienone is 1. The van der Waals surface area contributed by atoms with Crippen molar-refractivity contribution in [3.8, 4) is 0 Å². The van der Waals surface area contributed by atoms with Gasteiger partial charge in [0, 0.05) is 5.56 Å². The Morgan fingerprint density at radius 1 is 1.15 bits per heavy atom. The van der Waals surface area contributed by atoms with Crippen LogP contribution < -0.4 is 0 Å². The molecule has 1 aromatic rings. The van der Waals surface area contributed by atoms with E-state index in [1.165, 1.54) is 6.07 Å². The predicted molar refractivity (Wildman–Crippen MR) is 54.9 cm³/mol. The van der Waals surface area contributed by atoms with Gasteiger partial charge in [-0.2, -0.15) is 0 Å². The van der Waals surface area contributed by atoms with E-state index in [2.05, 4.69) is 20.8 Å². The van der Waals surface area contributed by atoms with Crippen LogP contribution in [-0.2, 0) is 0 Å². The van der Waals surface area contributed by atoms with Crippen molar-refractivity contribution in [2.24, 2.45) is 5.41 Å². The summed E-state index contributed by atoms with van der Waals surface area (Å²) in [6.07, 6.45) is 3.83. The predicted octanol–water partition coefficient (Wildman–Crippen LogP) is 3.89. The minimum absolute atomic E-state index is 0.0995. The summed E-state index contributed by atoms with van der Waals surface area (Å²) in [6, 6.07) is 6.79. The van der Waals surface area contributed by atoms with Crippen molar-refractivity contribution in [1.29, 1.82) is 0 Å². The van der Waals surface area contributed by atoms with Crippen LogP contribution in [0.2, 0.25) is 0 Å². The third-order valence-corrected chi connectivity index (χ3v) is 1.67. The molecular weight excluding hydrogens is 163 g/mol. The molecule has 70 valence electrons. The minimum atomic E-state index is -0.164. The van der Waals surface area contributed by atoms with E-state index in [4.69, 9.17) is 0 Å². The normalized spacial score (nSPS) is 12.3. The highest BCUT2D eigenvalue weighted by atomic mass is 19.1. The number of rotatable bonds is 1. The minimum Gasteiger partial charge on any atom is -0.206 e. The van der Waals surface area contributed by atoms with E-state index in [9.17, 15) is 4.39 Å². The van der Waals surface area contributed by atoms with E-state index < -0.39 is 0 Å². The van der Waals surface area contributed by atoms with E-state index in [1.54, 1.807) is 12.1 Å². The smallest absolute Gasteiger partial charge is 0.130 e. The average Bonchev–Trinajstić information content (AvgIpc) is 2.01. The SMILES string of the molecule is CC(C)(C)/C=C/c1ccccc1F. The summed E-state index contributed by atoms with van der Waals surface area (Å²) >= 11 is 0. The van der Waals surface area contributed by atoms with Crippen LogP contribution in [0.4, 0.5) is 4.39 Å². The molecule has 1 aromatic carbocycles. The maximum Gasteiger partial charge on any atom is 0.130 e. The van der Waals surface area contributed by atoms with Gasteiger partial charge in [0.1, 0.15) is 5.82 Å². The van der Waals surface area contributed by atoms with Crippen LogP contribution in [0, 0.1) is 11.2 Å². The van der Waals surface area contributed by atoms with Gasteiger partial charge in [-0.05, 0) is 11.5 Å². The molecule has 0 nitrogen and oxygen atoms in total. The molecule has 13 heavy (non-hydrogen) atoms. The summed E-state index contributed by atoms with van der Waals surface area (Å²) in [7, 11) is 0. The Morgan fingerprint density at radius 3 is 2.31 bits per heavy atom. The lowest BCUT2D eigenvalue weighted by Crippen LogP contribution is -1.98. The van der Waals surface area contributed by atoms with Gasteiger partial charge in [-0.15, -0.1) is 0 Å². The van der Waals surface area contributed by atoms with Crippen LogP contribution in [0.25, 0.3) is 6.08 Å². The first kappa shape index (κ1) is 9.97. The first-order chi connectivity index (χ1) is 5.99. The lowest BCUT2D eigenvalue weighted by Gasteiger charge is -2.10. The molecule has 0 amide bonds. The van der Waals surface area contributed by atoms with E-state index in [0.717, 1.165) is 0 Å². The quantitative estimate of drug-likeness (QED) is 0.612. The van der Waals surface area contributed by atoms with Crippen molar-refractivity contribution < 1.29 is 4.39 Å². The topological polar surface area (TPSA) is 0 Å². The second-order valence-electron chi connectivity index (χ2n) is 4.22. The molecule has 0 saturated carbocycles. The van der Waals surface area contributed by atoms with Crippen LogP contribution in [0.1, 0.15) is 26.3 Å². The van der Waals surface area contributed by atoms with Crippen LogP contribution in [0.5, 0.6) is 0 Å². The zero-order chi connectivity index (χ0) is 9.90. The Bertz CT molecular complexity index is 305. The van der Waals surface area contributed by atoms with Crippen LogP contribution in [0.3, 0.4) is 0 Å². The molecule has 0 N–H and O–H groups in total. The van der Waals surface area contributed by atoms with Gasteiger partial charge < -0.3 is 0 Å². The van der Waals surface area contributed by atoms with Gasteiger partial charge in [-0.3, -0.25) is 0 Å². The van der Waals surface area contributed by atoms with E-state index in [0.29, 0.717) is 5.56 Å². The molecule has 0 heterocycles. The molecule has 0 fully saturated rings. The summed E-state index contributed by atoms with van der Waals surface area (Å²) in [5, 5.41) is 0. The fourth-order valence-corrected chi connectivity index (χ4v) is 0.950. The van der Waals surface area contributed by atoms with Crippen molar-refractivity contribution in [3.63, 3.8) is 0 Å². The van der Waals surface area contributed by atoms with Crippen molar-refractivity contribution in [2.45, 2.75) is 20.8 Å². The Kier molecular flexibility index (Phi) is 2.86. The molecule has 0 radical (unpaired) electrons. The molecule has 0 bridgehead atoms. The molecule has 0 unspecified atom stereocenters. The molecule has 0 aliphatic rings. The Morgan fingerprint density at radius 2 is 1.77 bits per heavy atom. The standard InChI is InChI=1S/C12H15F/c1-12(2,3)9-8-10-6-4-5-7-11(10)13/h4-9H,1-3H3/b9-8+. The summed E-state index contributed by atoms with van der Waals surface area (Å²) in [6.45, 7) is 6.26. The lowest BCUT2D eigenvalue weighted by atomic mass is 9.95. The number of benzene rings is 1. The number of halogens is 1. The Hall–Kier alpha value is -1.11. The molecule has 0 aliphatic carbocycles. The fourth-order valence-electron chi connectivity index (χ4n) is 0.950. The zero-order valence-corrected chi connectivity index (χ0v) is 8.34. The first-order valence-electron chi connectivity index (χ1n) is 4.43. The second kappa shape index (κ2) is 3.73. The molecule has 0 atom stereocenters. The summed E-state index contributed by atoms with van der Waals surface area (Å²) < 4.78 is 13.1. The Labute approximate surface area is 79.1 Å². The molecule has 0 spiro atoms. The summed E-state index contributed by atoms with van der Waals surface area (Å²) in [4.78, 5) is 0. The van der Waals surface area contributed by atoms with Crippen LogP contribution in [-0.4, -0.2) is 0 Å². The van der Waals surface area contributed by atoms with E-state index >= 15 is 0 Å². The third-order valence-electron chi connectivity index (χ3n) is 1.67. The van der Waals surface area contributed by atoms with Crippen LogP contribution in [0.15, 0.2) is 30.3 Å². The van der Waals surface area contributed by atoms with Crippen molar-refractivity contribution in [1.82, 2.24) is 0 Å². The monoisotopic (exact) mass is 178 g/mol. The number of hydrogen-bond acceptors (Lipinski definition) is 0. The molecular formula is C12H15F. The zero-order valence-electron chi connectivity index (χ0n) is 8.34. The van der Waals surface area contributed by atoms with Gasteiger partial charge in [0.05, 0.1) is 0 Å². The van der Waals surface area contributed by atoms with Crippen molar-refractivity contribution >= 4 is 6.08 Å². The van der Waals surface area contributed by atoms with Crippen LogP contribution >= 0.6 is 0 Å². The molecule has 1 heteroatoms. The highest BCUT2D eigenvalue weighted by Gasteiger charge is 2.04. The summed E-state index contributed by atoms with van der Waals surface area (Å²) in [5.41, 5.74) is 0.750. The highest BCUT2D eigenvalue weighted by Crippen LogP contribution is 2.18. The molecule has 1 rings (SSSR count). The van der Waals surface area contributed by atoms with Gasteiger partial charge in [0.15, 0.2) is 0 Å². The van der Waals surface area contributed by atoms with Gasteiger partial charge in [0.2, 0.25) is 0 Å². The van der Waals surface area contributed by atoms with E-state index in [-0.39, 0.29) is 11.2 Å². The first-order valence-corrected chi connectivity index (χ1v) is 4.43. The third kappa shape index (κ3) is 3.41. The second-order valence-corrected chi connectivity index (χ2v) is 4.22. The lowest BCUT2D eigenvalue weighted by molar-refractivity contribution is 0.546. The molecule has 0 saturated heterocycles. The highest BCUT2D eigenvalue weighted by molar-refractivity contribution is 5.50. The molecule has 0 aromatic heterocycles. The maximum absolute atomic E-state index is 13.1. The largest absolute Gasteiger partial charge is 0.206 e. The van der Waals surface area contributed by atoms with Gasteiger partial charge >= 0.3 is 0 Å².